The summed E-state index contributed by atoms with van der Waals surface area (Å²) in [5.74, 6) is -0.383. The van der Waals surface area contributed by atoms with Crippen molar-refractivity contribution in [3.8, 4) is 5.75 Å². The fourth-order valence-electron chi connectivity index (χ4n) is 2.00. The van der Waals surface area contributed by atoms with Crippen LogP contribution in [0.4, 0.5) is 4.39 Å². The molecule has 0 aliphatic carbocycles. The maximum Gasteiger partial charge on any atom is 0.165 e. The second-order valence-electron chi connectivity index (χ2n) is 4.39. The first-order valence-corrected chi connectivity index (χ1v) is 7.09. The summed E-state index contributed by atoms with van der Waals surface area (Å²) < 4.78 is 25.7. The SMILES string of the molecule is COCCn1ncc(Br)c1C(O)c1ccc(F)c(OC)c1. The Morgan fingerprint density at radius 3 is 2.86 bits per heavy atom. The third-order valence-corrected chi connectivity index (χ3v) is 3.70. The molecule has 7 heteroatoms. The van der Waals surface area contributed by atoms with Crippen molar-refractivity contribution >= 4 is 15.9 Å². The number of nitrogens with zero attached hydrogens (tertiary/aromatic N) is 2. The number of aliphatic hydroxyl groups is 1. The van der Waals surface area contributed by atoms with Crippen molar-refractivity contribution in [1.82, 2.24) is 9.78 Å². The van der Waals surface area contributed by atoms with E-state index in [2.05, 4.69) is 21.0 Å². The minimum absolute atomic E-state index is 0.0885. The monoisotopic (exact) mass is 358 g/mol. The summed E-state index contributed by atoms with van der Waals surface area (Å²) >= 11 is 3.37. The fourth-order valence-corrected chi connectivity index (χ4v) is 2.52. The Hall–Kier alpha value is -1.44. The predicted octanol–water partition coefficient (Wildman–Crippen LogP) is 2.52. The van der Waals surface area contributed by atoms with E-state index in [4.69, 9.17) is 9.47 Å². The van der Waals surface area contributed by atoms with Gasteiger partial charge in [0, 0.05) is 7.11 Å². The van der Waals surface area contributed by atoms with E-state index in [1.54, 1.807) is 18.0 Å². The molecular formula is C14H16BrFN2O3. The Bertz CT molecular complexity index is 618. The maximum atomic E-state index is 13.5. The highest BCUT2D eigenvalue weighted by Crippen LogP contribution is 2.31. The van der Waals surface area contributed by atoms with Gasteiger partial charge in [-0.15, -0.1) is 0 Å². The number of hydrogen-bond acceptors (Lipinski definition) is 4. The molecule has 1 heterocycles. The normalized spacial score (nSPS) is 12.4. The average molecular weight is 359 g/mol. The van der Waals surface area contributed by atoms with Crippen molar-refractivity contribution in [2.45, 2.75) is 12.6 Å². The molecule has 5 nitrogen and oxygen atoms in total. The van der Waals surface area contributed by atoms with Gasteiger partial charge in [0.05, 0.1) is 36.6 Å². The molecule has 0 saturated heterocycles. The molecule has 0 radical (unpaired) electrons. The van der Waals surface area contributed by atoms with E-state index < -0.39 is 11.9 Å². The first-order chi connectivity index (χ1) is 10.1. The van der Waals surface area contributed by atoms with Crippen LogP contribution in [-0.4, -0.2) is 35.7 Å². The lowest BCUT2D eigenvalue weighted by molar-refractivity contribution is 0.171. The molecule has 1 N–H and O–H groups in total. The Morgan fingerprint density at radius 2 is 2.19 bits per heavy atom. The van der Waals surface area contributed by atoms with Gasteiger partial charge in [0.2, 0.25) is 0 Å². The smallest absolute Gasteiger partial charge is 0.165 e. The van der Waals surface area contributed by atoms with Crippen LogP contribution in [0.1, 0.15) is 17.4 Å². The van der Waals surface area contributed by atoms with E-state index in [9.17, 15) is 9.50 Å². The molecule has 0 saturated carbocycles. The zero-order valence-electron chi connectivity index (χ0n) is 11.7. The highest BCUT2D eigenvalue weighted by atomic mass is 79.9. The van der Waals surface area contributed by atoms with Gasteiger partial charge in [0.15, 0.2) is 11.6 Å². The summed E-state index contributed by atoms with van der Waals surface area (Å²) in [5, 5.41) is 14.7. The van der Waals surface area contributed by atoms with Crippen molar-refractivity contribution in [3.63, 3.8) is 0 Å². The van der Waals surface area contributed by atoms with Crippen molar-refractivity contribution in [3.05, 3.63) is 45.9 Å². The lowest BCUT2D eigenvalue weighted by Gasteiger charge is -2.15. The quantitative estimate of drug-likeness (QED) is 0.861. The largest absolute Gasteiger partial charge is 0.494 e. The Kier molecular flexibility index (Phi) is 5.33. The number of aliphatic hydroxyl groups excluding tert-OH is 1. The van der Waals surface area contributed by atoms with Crippen molar-refractivity contribution in [1.29, 1.82) is 0 Å². The van der Waals surface area contributed by atoms with Crippen LogP contribution in [0.2, 0.25) is 0 Å². The molecule has 0 aliphatic heterocycles. The number of ether oxygens (including phenoxy) is 2. The highest BCUT2D eigenvalue weighted by molar-refractivity contribution is 9.10. The summed E-state index contributed by atoms with van der Waals surface area (Å²) in [4.78, 5) is 0. The lowest BCUT2D eigenvalue weighted by atomic mass is 10.1. The van der Waals surface area contributed by atoms with Gasteiger partial charge in [-0.25, -0.2) is 4.39 Å². The van der Waals surface area contributed by atoms with Gasteiger partial charge >= 0.3 is 0 Å². The third-order valence-electron chi connectivity index (χ3n) is 3.09. The molecule has 0 spiro atoms. The number of methoxy groups -OCH3 is 2. The number of aromatic nitrogens is 2. The Morgan fingerprint density at radius 1 is 1.43 bits per heavy atom. The molecule has 2 aromatic rings. The molecule has 1 aromatic carbocycles. The van der Waals surface area contributed by atoms with Crippen LogP contribution in [0, 0.1) is 5.82 Å². The molecule has 1 aromatic heterocycles. The molecule has 0 fully saturated rings. The summed E-state index contributed by atoms with van der Waals surface area (Å²) in [6, 6.07) is 4.25. The van der Waals surface area contributed by atoms with E-state index in [0.29, 0.717) is 28.9 Å². The summed E-state index contributed by atoms with van der Waals surface area (Å²) in [5.41, 5.74) is 1.11. The number of hydrogen-bond donors (Lipinski definition) is 1. The van der Waals surface area contributed by atoms with Gasteiger partial charge < -0.3 is 14.6 Å². The van der Waals surface area contributed by atoms with E-state index in [0.717, 1.165) is 0 Å². The lowest BCUT2D eigenvalue weighted by Crippen LogP contribution is -2.13. The van der Waals surface area contributed by atoms with E-state index in [1.807, 2.05) is 0 Å². The van der Waals surface area contributed by atoms with E-state index in [-0.39, 0.29) is 5.75 Å². The minimum Gasteiger partial charge on any atom is -0.494 e. The van der Waals surface area contributed by atoms with Crippen LogP contribution in [-0.2, 0) is 11.3 Å². The van der Waals surface area contributed by atoms with Crippen molar-refractivity contribution < 1.29 is 19.0 Å². The molecular weight excluding hydrogens is 343 g/mol. The van der Waals surface area contributed by atoms with Crippen LogP contribution in [0.5, 0.6) is 5.75 Å². The first kappa shape index (κ1) is 15.9. The fraction of sp³-hybridized carbons (Fsp3) is 0.357. The summed E-state index contributed by atoms with van der Waals surface area (Å²) in [6.07, 6.45) is 0.655. The van der Waals surface area contributed by atoms with Crippen LogP contribution in [0.3, 0.4) is 0 Å². The Labute approximate surface area is 130 Å². The summed E-state index contributed by atoms with van der Waals surface area (Å²) in [7, 11) is 2.98. The van der Waals surface area contributed by atoms with Crippen LogP contribution in [0.15, 0.2) is 28.9 Å². The topological polar surface area (TPSA) is 56.5 Å². The second-order valence-corrected chi connectivity index (χ2v) is 5.24. The third kappa shape index (κ3) is 3.42. The first-order valence-electron chi connectivity index (χ1n) is 6.30. The van der Waals surface area contributed by atoms with Crippen LogP contribution < -0.4 is 4.74 Å². The van der Waals surface area contributed by atoms with Gasteiger partial charge in [-0.1, -0.05) is 6.07 Å². The van der Waals surface area contributed by atoms with Crippen molar-refractivity contribution in [2.24, 2.45) is 0 Å². The minimum atomic E-state index is -0.951. The van der Waals surface area contributed by atoms with E-state index in [1.165, 1.54) is 25.3 Å². The van der Waals surface area contributed by atoms with Crippen LogP contribution in [0.25, 0.3) is 0 Å². The molecule has 0 aliphatic rings. The van der Waals surface area contributed by atoms with Crippen molar-refractivity contribution in [2.75, 3.05) is 20.8 Å². The maximum absolute atomic E-state index is 13.5. The van der Waals surface area contributed by atoms with E-state index >= 15 is 0 Å². The zero-order chi connectivity index (χ0) is 15.4. The number of halogens is 2. The molecule has 114 valence electrons. The number of rotatable bonds is 6. The molecule has 2 rings (SSSR count). The van der Waals surface area contributed by atoms with Gasteiger partial charge in [0.25, 0.3) is 0 Å². The molecule has 21 heavy (non-hydrogen) atoms. The highest BCUT2D eigenvalue weighted by Gasteiger charge is 2.20. The average Bonchev–Trinajstić information content (AvgIpc) is 2.85. The van der Waals surface area contributed by atoms with Gasteiger partial charge in [0.1, 0.15) is 6.10 Å². The van der Waals surface area contributed by atoms with Gasteiger partial charge in [-0.2, -0.15) is 5.10 Å². The molecule has 1 atom stereocenters. The number of benzene rings is 1. The van der Waals surface area contributed by atoms with Gasteiger partial charge in [-0.3, -0.25) is 4.68 Å². The Balaban J connectivity index is 2.35. The second kappa shape index (κ2) is 7.02. The van der Waals surface area contributed by atoms with Gasteiger partial charge in [-0.05, 0) is 33.6 Å². The summed E-state index contributed by atoms with van der Waals surface area (Å²) in [6.45, 7) is 0.980. The zero-order valence-corrected chi connectivity index (χ0v) is 13.3. The molecule has 0 bridgehead atoms. The predicted molar refractivity (Wildman–Crippen MR) is 78.8 cm³/mol. The standard InChI is InChI=1S/C14H16BrFN2O3/c1-20-6-5-18-13(10(15)8-17-18)14(19)9-3-4-11(16)12(7-9)21-2/h3-4,7-8,14,19H,5-6H2,1-2H3. The molecule has 1 unspecified atom stereocenters. The molecule has 0 amide bonds. The van der Waals surface area contributed by atoms with Crippen LogP contribution >= 0.6 is 15.9 Å².